The molecule has 0 amide bonds. The maximum atomic E-state index is 5.58. The fourth-order valence-electron chi connectivity index (χ4n) is 1.70. The van der Waals surface area contributed by atoms with Gasteiger partial charge in [-0.05, 0) is 42.4 Å². The van der Waals surface area contributed by atoms with E-state index in [9.17, 15) is 0 Å². The molecule has 0 saturated heterocycles. The van der Waals surface area contributed by atoms with Gasteiger partial charge in [-0.25, -0.2) is 0 Å². The van der Waals surface area contributed by atoms with Crippen LogP contribution >= 0.6 is 15.9 Å². The third-order valence-corrected chi connectivity index (χ3v) is 4.85. The molecule has 1 nitrogen and oxygen atoms in total. The van der Waals surface area contributed by atoms with E-state index in [1.807, 2.05) is 0 Å². The summed E-state index contributed by atoms with van der Waals surface area (Å²) in [5.41, 5.74) is 1.71. The Balaban J connectivity index is 2.44. The summed E-state index contributed by atoms with van der Waals surface area (Å²) >= 11 is 3.78. The van der Waals surface area contributed by atoms with Crippen molar-refractivity contribution >= 4 is 15.9 Å². The molecule has 0 fully saturated rings. The minimum absolute atomic E-state index is 0.324. The standard InChI is InChI=1S/C16H25BrO/c1-5-12-18-14-9-6-13(7-10-14)8-11-15(17)16(2,3)4/h6-7,9-10,15H,5,8,11-12H2,1-4H3. The molecule has 1 rings (SSSR count). The van der Waals surface area contributed by atoms with Crippen LogP contribution < -0.4 is 4.74 Å². The third-order valence-electron chi connectivity index (χ3n) is 3.02. The molecule has 0 spiro atoms. The Hall–Kier alpha value is -0.500. The number of halogens is 1. The van der Waals surface area contributed by atoms with E-state index in [1.54, 1.807) is 0 Å². The van der Waals surface area contributed by atoms with Crippen molar-refractivity contribution in [1.29, 1.82) is 0 Å². The lowest BCUT2D eigenvalue weighted by Crippen LogP contribution is -2.20. The van der Waals surface area contributed by atoms with Crippen LogP contribution in [0.15, 0.2) is 24.3 Å². The first-order valence-corrected chi connectivity index (χ1v) is 7.71. The number of hydrogen-bond acceptors (Lipinski definition) is 1. The lowest BCUT2D eigenvalue weighted by molar-refractivity contribution is 0.317. The van der Waals surface area contributed by atoms with Crippen LogP contribution in [0.3, 0.4) is 0 Å². The topological polar surface area (TPSA) is 9.23 Å². The van der Waals surface area contributed by atoms with Crippen molar-refractivity contribution in [3.8, 4) is 5.75 Å². The summed E-state index contributed by atoms with van der Waals surface area (Å²) < 4.78 is 5.58. The molecule has 0 aromatic heterocycles. The maximum Gasteiger partial charge on any atom is 0.119 e. The molecule has 0 aliphatic heterocycles. The number of hydrogen-bond donors (Lipinski definition) is 0. The zero-order chi connectivity index (χ0) is 13.6. The Kier molecular flexibility index (Phi) is 6.20. The maximum absolute atomic E-state index is 5.58. The van der Waals surface area contributed by atoms with Crippen LogP contribution in [0, 0.1) is 5.41 Å². The molecular formula is C16H25BrO. The molecule has 0 saturated carbocycles. The first-order chi connectivity index (χ1) is 8.43. The van der Waals surface area contributed by atoms with Gasteiger partial charge in [0.1, 0.15) is 5.75 Å². The Morgan fingerprint density at radius 3 is 2.28 bits per heavy atom. The summed E-state index contributed by atoms with van der Waals surface area (Å²) in [6.07, 6.45) is 3.33. The number of benzene rings is 1. The minimum atomic E-state index is 0.324. The second-order valence-corrected chi connectivity index (χ2v) is 6.97. The average molecular weight is 313 g/mol. The summed E-state index contributed by atoms with van der Waals surface area (Å²) in [7, 11) is 0. The smallest absolute Gasteiger partial charge is 0.119 e. The van der Waals surface area contributed by atoms with Crippen molar-refractivity contribution in [3.05, 3.63) is 29.8 Å². The molecule has 2 heteroatoms. The van der Waals surface area contributed by atoms with Crippen LogP contribution in [-0.4, -0.2) is 11.4 Å². The van der Waals surface area contributed by atoms with Gasteiger partial charge in [0, 0.05) is 4.83 Å². The van der Waals surface area contributed by atoms with Crippen molar-refractivity contribution < 1.29 is 4.74 Å². The molecule has 0 heterocycles. The summed E-state index contributed by atoms with van der Waals surface area (Å²) in [6.45, 7) is 9.74. The van der Waals surface area contributed by atoms with E-state index < -0.39 is 0 Å². The Bertz CT molecular complexity index is 337. The van der Waals surface area contributed by atoms with E-state index in [1.165, 1.54) is 12.0 Å². The largest absolute Gasteiger partial charge is 0.494 e. The number of rotatable bonds is 6. The molecule has 0 aliphatic rings. The lowest BCUT2D eigenvalue weighted by Gasteiger charge is -2.25. The van der Waals surface area contributed by atoms with E-state index in [2.05, 4.69) is 67.9 Å². The van der Waals surface area contributed by atoms with Crippen LogP contribution in [0.1, 0.15) is 46.1 Å². The average Bonchev–Trinajstić information content (AvgIpc) is 2.33. The summed E-state index contributed by atoms with van der Waals surface area (Å²) in [5.74, 6) is 0.979. The fourth-order valence-corrected chi connectivity index (χ4v) is 1.93. The second-order valence-electron chi connectivity index (χ2n) is 5.86. The molecule has 0 bridgehead atoms. The van der Waals surface area contributed by atoms with E-state index in [-0.39, 0.29) is 0 Å². The Labute approximate surface area is 120 Å². The van der Waals surface area contributed by atoms with Crippen LogP contribution in [0.2, 0.25) is 0 Å². The monoisotopic (exact) mass is 312 g/mol. The van der Waals surface area contributed by atoms with Crippen LogP contribution in [0.4, 0.5) is 0 Å². The van der Waals surface area contributed by atoms with E-state index in [0.29, 0.717) is 10.2 Å². The zero-order valence-corrected chi connectivity index (χ0v) is 13.6. The highest BCUT2D eigenvalue weighted by molar-refractivity contribution is 9.09. The highest BCUT2D eigenvalue weighted by Crippen LogP contribution is 2.29. The SMILES string of the molecule is CCCOc1ccc(CCC(Br)C(C)(C)C)cc1. The fraction of sp³-hybridized carbons (Fsp3) is 0.625. The quantitative estimate of drug-likeness (QED) is 0.654. The van der Waals surface area contributed by atoms with Gasteiger partial charge in [0.25, 0.3) is 0 Å². The van der Waals surface area contributed by atoms with Gasteiger partial charge >= 0.3 is 0 Å². The van der Waals surface area contributed by atoms with Gasteiger partial charge < -0.3 is 4.74 Å². The van der Waals surface area contributed by atoms with Crippen molar-refractivity contribution in [3.63, 3.8) is 0 Å². The number of alkyl halides is 1. The van der Waals surface area contributed by atoms with Gasteiger partial charge in [0.15, 0.2) is 0 Å². The third kappa shape index (κ3) is 5.43. The first-order valence-electron chi connectivity index (χ1n) is 6.79. The summed E-state index contributed by atoms with van der Waals surface area (Å²) in [6, 6.07) is 8.50. The Morgan fingerprint density at radius 2 is 1.78 bits per heavy atom. The van der Waals surface area contributed by atoms with Gasteiger partial charge in [-0.3, -0.25) is 0 Å². The second kappa shape index (κ2) is 7.18. The van der Waals surface area contributed by atoms with E-state index in [4.69, 9.17) is 4.74 Å². The summed E-state index contributed by atoms with van der Waals surface area (Å²) in [4.78, 5) is 0.556. The molecule has 1 aromatic carbocycles. The van der Waals surface area contributed by atoms with Crippen LogP contribution in [0.5, 0.6) is 5.75 Å². The van der Waals surface area contributed by atoms with Gasteiger partial charge in [0.2, 0.25) is 0 Å². The normalized spacial score (nSPS) is 13.4. The minimum Gasteiger partial charge on any atom is -0.494 e. The molecular weight excluding hydrogens is 288 g/mol. The molecule has 0 radical (unpaired) electrons. The van der Waals surface area contributed by atoms with E-state index >= 15 is 0 Å². The molecule has 1 aromatic rings. The summed E-state index contributed by atoms with van der Waals surface area (Å²) in [5, 5.41) is 0. The molecule has 102 valence electrons. The predicted octanol–water partition coefficient (Wildman–Crippen LogP) is 5.22. The zero-order valence-electron chi connectivity index (χ0n) is 12.0. The molecule has 0 aliphatic carbocycles. The van der Waals surface area contributed by atoms with Crippen LogP contribution in [-0.2, 0) is 6.42 Å². The van der Waals surface area contributed by atoms with Gasteiger partial charge in [-0.2, -0.15) is 0 Å². The van der Waals surface area contributed by atoms with E-state index in [0.717, 1.165) is 25.2 Å². The van der Waals surface area contributed by atoms with Gasteiger partial charge in [-0.15, -0.1) is 0 Å². The highest BCUT2D eigenvalue weighted by Gasteiger charge is 2.21. The lowest BCUT2D eigenvalue weighted by atomic mass is 9.89. The predicted molar refractivity (Wildman–Crippen MR) is 82.7 cm³/mol. The van der Waals surface area contributed by atoms with Crippen molar-refractivity contribution in [2.45, 2.75) is 51.8 Å². The number of aryl methyl sites for hydroxylation is 1. The molecule has 0 N–H and O–H groups in total. The van der Waals surface area contributed by atoms with Gasteiger partial charge in [0.05, 0.1) is 6.61 Å². The van der Waals surface area contributed by atoms with Crippen molar-refractivity contribution in [2.75, 3.05) is 6.61 Å². The molecule has 1 unspecified atom stereocenters. The van der Waals surface area contributed by atoms with Crippen LogP contribution in [0.25, 0.3) is 0 Å². The number of ether oxygens (including phenoxy) is 1. The Morgan fingerprint density at radius 1 is 1.17 bits per heavy atom. The highest BCUT2D eigenvalue weighted by atomic mass is 79.9. The van der Waals surface area contributed by atoms with Gasteiger partial charge in [-0.1, -0.05) is 55.8 Å². The molecule has 18 heavy (non-hydrogen) atoms. The first kappa shape index (κ1) is 15.6. The molecule has 1 atom stereocenters. The van der Waals surface area contributed by atoms with Crippen molar-refractivity contribution in [2.24, 2.45) is 5.41 Å². The van der Waals surface area contributed by atoms with Crippen molar-refractivity contribution in [1.82, 2.24) is 0 Å².